The standard InChI is InChI=1S/C19H26N2O2/c22-18(14-15-6-2-1-3-7-15)20-17-10-8-16(9-11-17)19(23)21-12-4-5-13-21/h8-11,15H,1-7,12-14H2,(H,20,22). The maximum atomic E-state index is 12.3. The first-order valence-corrected chi connectivity index (χ1v) is 8.91. The molecule has 1 aromatic rings. The molecule has 0 unspecified atom stereocenters. The SMILES string of the molecule is O=C(CC1CCCCC1)Nc1ccc(C(=O)N2CCCC2)cc1. The van der Waals surface area contributed by atoms with Crippen LogP contribution in [-0.4, -0.2) is 29.8 Å². The maximum Gasteiger partial charge on any atom is 0.253 e. The molecule has 0 aromatic heterocycles. The molecule has 1 saturated carbocycles. The Morgan fingerprint density at radius 2 is 1.61 bits per heavy atom. The van der Waals surface area contributed by atoms with Gasteiger partial charge in [0.25, 0.3) is 5.91 Å². The summed E-state index contributed by atoms with van der Waals surface area (Å²) in [6.07, 6.45) is 8.99. The Labute approximate surface area is 138 Å². The van der Waals surface area contributed by atoms with Gasteiger partial charge in [-0.2, -0.15) is 0 Å². The molecule has 3 rings (SSSR count). The molecule has 2 amide bonds. The van der Waals surface area contributed by atoms with Crippen LogP contribution in [0.2, 0.25) is 0 Å². The number of likely N-dealkylation sites (tertiary alicyclic amines) is 1. The molecule has 124 valence electrons. The molecule has 0 bridgehead atoms. The van der Waals surface area contributed by atoms with Gasteiger partial charge in [0.2, 0.25) is 5.91 Å². The largest absolute Gasteiger partial charge is 0.339 e. The van der Waals surface area contributed by atoms with Crippen LogP contribution >= 0.6 is 0 Å². The van der Waals surface area contributed by atoms with Crippen molar-refractivity contribution in [2.45, 2.75) is 51.4 Å². The van der Waals surface area contributed by atoms with E-state index in [-0.39, 0.29) is 11.8 Å². The summed E-state index contributed by atoms with van der Waals surface area (Å²) in [5.41, 5.74) is 1.49. The van der Waals surface area contributed by atoms with E-state index in [1.165, 1.54) is 32.1 Å². The van der Waals surface area contributed by atoms with Crippen molar-refractivity contribution in [1.29, 1.82) is 0 Å². The zero-order valence-corrected chi connectivity index (χ0v) is 13.7. The molecular weight excluding hydrogens is 288 g/mol. The predicted molar refractivity (Wildman–Crippen MR) is 91.4 cm³/mol. The first-order chi connectivity index (χ1) is 11.2. The smallest absolute Gasteiger partial charge is 0.253 e. The van der Waals surface area contributed by atoms with Gasteiger partial charge in [-0.1, -0.05) is 19.3 Å². The number of nitrogens with zero attached hydrogens (tertiary/aromatic N) is 1. The predicted octanol–water partition coefficient (Wildman–Crippen LogP) is 3.83. The molecule has 4 nitrogen and oxygen atoms in total. The lowest BCUT2D eigenvalue weighted by Gasteiger charge is -2.20. The van der Waals surface area contributed by atoms with Gasteiger partial charge in [0.05, 0.1) is 0 Å². The Hall–Kier alpha value is -1.84. The summed E-state index contributed by atoms with van der Waals surface area (Å²) < 4.78 is 0. The summed E-state index contributed by atoms with van der Waals surface area (Å²) >= 11 is 0. The zero-order valence-electron chi connectivity index (χ0n) is 13.7. The van der Waals surface area contributed by atoms with E-state index >= 15 is 0 Å². The van der Waals surface area contributed by atoms with Crippen LogP contribution in [0.3, 0.4) is 0 Å². The third-order valence-electron chi connectivity index (χ3n) is 5.01. The molecule has 0 atom stereocenters. The van der Waals surface area contributed by atoms with Crippen molar-refractivity contribution in [3.05, 3.63) is 29.8 Å². The lowest BCUT2D eigenvalue weighted by molar-refractivity contribution is -0.117. The van der Waals surface area contributed by atoms with Gasteiger partial charge in [0.15, 0.2) is 0 Å². The summed E-state index contributed by atoms with van der Waals surface area (Å²) in [5.74, 6) is 0.734. The number of anilines is 1. The molecule has 2 fully saturated rings. The normalized spacial score (nSPS) is 18.9. The third kappa shape index (κ3) is 4.34. The molecule has 1 aromatic carbocycles. The van der Waals surface area contributed by atoms with E-state index in [4.69, 9.17) is 0 Å². The van der Waals surface area contributed by atoms with Crippen molar-refractivity contribution >= 4 is 17.5 Å². The van der Waals surface area contributed by atoms with Crippen molar-refractivity contribution in [3.63, 3.8) is 0 Å². The number of nitrogens with one attached hydrogen (secondary N) is 1. The fourth-order valence-electron chi connectivity index (χ4n) is 3.66. The molecule has 23 heavy (non-hydrogen) atoms. The van der Waals surface area contributed by atoms with Crippen LogP contribution in [0.1, 0.15) is 61.7 Å². The second-order valence-corrected chi connectivity index (χ2v) is 6.83. The van der Waals surface area contributed by atoms with E-state index in [0.29, 0.717) is 17.9 Å². The molecular formula is C19H26N2O2. The Morgan fingerprint density at radius 1 is 0.957 bits per heavy atom. The Morgan fingerprint density at radius 3 is 2.26 bits per heavy atom. The minimum atomic E-state index is 0.0931. The fourth-order valence-corrected chi connectivity index (χ4v) is 3.66. The van der Waals surface area contributed by atoms with Crippen LogP contribution in [0.15, 0.2) is 24.3 Å². The molecule has 0 radical (unpaired) electrons. The lowest BCUT2D eigenvalue weighted by atomic mass is 9.87. The second-order valence-electron chi connectivity index (χ2n) is 6.83. The van der Waals surface area contributed by atoms with Gasteiger partial charge in [-0.3, -0.25) is 9.59 Å². The van der Waals surface area contributed by atoms with Gasteiger partial charge in [-0.25, -0.2) is 0 Å². The van der Waals surface area contributed by atoms with Gasteiger partial charge >= 0.3 is 0 Å². The minimum absolute atomic E-state index is 0.0931. The van der Waals surface area contributed by atoms with E-state index in [0.717, 1.165) is 31.6 Å². The maximum absolute atomic E-state index is 12.3. The summed E-state index contributed by atoms with van der Waals surface area (Å²) in [6.45, 7) is 1.72. The van der Waals surface area contributed by atoms with Gasteiger partial charge < -0.3 is 10.2 Å². The quantitative estimate of drug-likeness (QED) is 0.918. The highest BCUT2D eigenvalue weighted by Crippen LogP contribution is 2.26. The van der Waals surface area contributed by atoms with Crippen LogP contribution in [0.25, 0.3) is 0 Å². The molecule has 0 spiro atoms. The molecule has 4 heteroatoms. The first kappa shape index (κ1) is 16.0. The molecule has 2 aliphatic rings. The third-order valence-corrected chi connectivity index (χ3v) is 5.01. The lowest BCUT2D eigenvalue weighted by Crippen LogP contribution is -2.27. The molecule has 1 saturated heterocycles. The highest BCUT2D eigenvalue weighted by molar-refractivity contribution is 5.96. The van der Waals surface area contributed by atoms with Crippen molar-refractivity contribution in [2.75, 3.05) is 18.4 Å². The Kier molecular flexibility index (Phi) is 5.31. The van der Waals surface area contributed by atoms with E-state index in [1.54, 1.807) is 0 Å². The summed E-state index contributed by atoms with van der Waals surface area (Å²) in [4.78, 5) is 26.3. The van der Waals surface area contributed by atoms with E-state index in [1.807, 2.05) is 29.2 Å². The number of amides is 2. The van der Waals surface area contributed by atoms with Crippen molar-refractivity contribution in [1.82, 2.24) is 4.90 Å². The molecule has 1 aliphatic heterocycles. The fraction of sp³-hybridized carbons (Fsp3) is 0.579. The van der Waals surface area contributed by atoms with E-state index < -0.39 is 0 Å². The summed E-state index contributed by atoms with van der Waals surface area (Å²) in [7, 11) is 0. The average molecular weight is 314 g/mol. The number of rotatable bonds is 4. The van der Waals surface area contributed by atoms with Crippen molar-refractivity contribution < 1.29 is 9.59 Å². The van der Waals surface area contributed by atoms with Gasteiger partial charge in [-0.05, 0) is 55.9 Å². The van der Waals surface area contributed by atoms with Gasteiger partial charge in [0, 0.05) is 30.8 Å². The number of carbonyl (C=O) groups is 2. The van der Waals surface area contributed by atoms with Crippen LogP contribution in [0, 0.1) is 5.92 Å². The second kappa shape index (κ2) is 7.62. The number of hydrogen-bond acceptors (Lipinski definition) is 2. The number of benzene rings is 1. The number of hydrogen-bond donors (Lipinski definition) is 1. The average Bonchev–Trinajstić information content (AvgIpc) is 3.10. The zero-order chi connectivity index (χ0) is 16.1. The highest BCUT2D eigenvalue weighted by atomic mass is 16.2. The Bertz CT molecular complexity index is 541. The van der Waals surface area contributed by atoms with Crippen LogP contribution < -0.4 is 5.32 Å². The van der Waals surface area contributed by atoms with Crippen LogP contribution in [0.5, 0.6) is 0 Å². The van der Waals surface area contributed by atoms with Gasteiger partial charge in [0.1, 0.15) is 0 Å². The Balaban J connectivity index is 1.52. The highest BCUT2D eigenvalue weighted by Gasteiger charge is 2.20. The minimum Gasteiger partial charge on any atom is -0.339 e. The summed E-state index contributed by atoms with van der Waals surface area (Å²) in [6, 6.07) is 7.30. The monoisotopic (exact) mass is 314 g/mol. The molecule has 1 aliphatic carbocycles. The van der Waals surface area contributed by atoms with Crippen LogP contribution in [-0.2, 0) is 4.79 Å². The topological polar surface area (TPSA) is 49.4 Å². The van der Waals surface area contributed by atoms with Crippen LogP contribution in [0.4, 0.5) is 5.69 Å². The van der Waals surface area contributed by atoms with Crippen molar-refractivity contribution in [3.8, 4) is 0 Å². The molecule has 1 N–H and O–H groups in total. The van der Waals surface area contributed by atoms with Gasteiger partial charge in [-0.15, -0.1) is 0 Å². The number of carbonyl (C=O) groups excluding carboxylic acids is 2. The first-order valence-electron chi connectivity index (χ1n) is 8.91. The molecule has 1 heterocycles. The van der Waals surface area contributed by atoms with E-state index in [9.17, 15) is 9.59 Å². The summed E-state index contributed by atoms with van der Waals surface area (Å²) in [5, 5.41) is 2.96. The van der Waals surface area contributed by atoms with E-state index in [2.05, 4.69) is 5.32 Å². The van der Waals surface area contributed by atoms with Crippen molar-refractivity contribution in [2.24, 2.45) is 5.92 Å².